The number of sulfonamides is 1. The van der Waals surface area contributed by atoms with Crippen molar-refractivity contribution in [3.63, 3.8) is 0 Å². The van der Waals surface area contributed by atoms with Crippen LogP contribution in [0, 0.1) is 0 Å². The summed E-state index contributed by atoms with van der Waals surface area (Å²) in [5, 5.41) is 10.4. The monoisotopic (exact) mass is 762 g/mol. The van der Waals surface area contributed by atoms with Gasteiger partial charge in [-0.25, -0.2) is 8.42 Å². The number of piperazine rings is 2. The van der Waals surface area contributed by atoms with Gasteiger partial charge >= 0.3 is 0 Å². The highest BCUT2D eigenvalue weighted by atomic mass is 32.2. The topological polar surface area (TPSA) is 84.4 Å². The van der Waals surface area contributed by atoms with E-state index in [0.717, 1.165) is 35.5 Å². The number of anilines is 2. The van der Waals surface area contributed by atoms with E-state index in [9.17, 15) is 18.3 Å². The van der Waals surface area contributed by atoms with Crippen molar-refractivity contribution in [2.45, 2.75) is 71.0 Å². The highest BCUT2D eigenvalue weighted by molar-refractivity contribution is 7.88. The van der Waals surface area contributed by atoms with E-state index < -0.39 is 10.0 Å². The van der Waals surface area contributed by atoms with Crippen LogP contribution < -0.4 is 9.80 Å². The predicted octanol–water partition coefficient (Wildman–Crippen LogP) is 8.41. The number of nitrogens with zero attached hydrogens (tertiary/aromatic N) is 4. The van der Waals surface area contributed by atoms with Crippen molar-refractivity contribution in [1.29, 1.82) is 0 Å². The van der Waals surface area contributed by atoms with Crippen molar-refractivity contribution in [2.24, 2.45) is 0 Å². The van der Waals surface area contributed by atoms with Crippen LogP contribution in [0.1, 0.15) is 75.8 Å². The molecule has 2 aliphatic rings. The number of benzene rings is 4. The molecule has 292 valence electrons. The van der Waals surface area contributed by atoms with E-state index in [4.69, 9.17) is 0 Å². The number of carbonyl (C=O) groups excluding carboxylic acids is 1. The molecular weight excluding hydrogens is 705 g/mol. The molecule has 6 rings (SSSR count). The molecule has 0 radical (unpaired) electrons. The van der Waals surface area contributed by atoms with Crippen molar-refractivity contribution < 1.29 is 18.3 Å². The minimum absolute atomic E-state index is 0.0717. The molecule has 0 unspecified atom stereocenters. The van der Waals surface area contributed by atoms with Crippen molar-refractivity contribution in [3.8, 4) is 11.1 Å². The number of carbonyl (C=O) groups is 1. The second-order valence-corrected chi connectivity index (χ2v) is 19.1. The average molecular weight is 763 g/mol. The molecule has 2 fully saturated rings. The van der Waals surface area contributed by atoms with Gasteiger partial charge in [-0.05, 0) is 81.0 Å². The average Bonchev–Trinajstić information content (AvgIpc) is 3.16. The number of hydrogen-bond acceptors (Lipinski definition) is 6. The lowest BCUT2D eigenvalue weighted by Gasteiger charge is -2.36. The Bertz CT molecular complexity index is 2080. The molecule has 2 saturated heterocycles. The molecule has 55 heavy (non-hydrogen) atoms. The molecule has 0 bridgehead atoms. The summed E-state index contributed by atoms with van der Waals surface area (Å²) in [5.41, 5.74) is 8.81. The first-order valence-electron chi connectivity index (χ1n) is 19.5. The zero-order valence-corrected chi connectivity index (χ0v) is 34.3. The fraction of sp³-hybridized carbons (Fsp3) is 0.413. The van der Waals surface area contributed by atoms with E-state index in [1.54, 1.807) is 10.4 Å². The van der Waals surface area contributed by atoms with Crippen LogP contribution in [-0.2, 0) is 37.8 Å². The molecule has 1 N–H and O–H groups in total. The SMILES string of the molecule is C=C(O)c1ccc(-c2cccc(CCC(=O)N3CCN(c4ccc(C(C)(C)C)cc4)CC3)c2)cc1CS(=O)(=O)N1CCN(c2ccc(C(C)(C)C)cc2)CC1. The first-order valence-corrected chi connectivity index (χ1v) is 21.2. The molecule has 0 spiro atoms. The van der Waals surface area contributed by atoms with E-state index in [0.29, 0.717) is 63.2 Å². The van der Waals surface area contributed by atoms with Gasteiger partial charge in [0.2, 0.25) is 15.9 Å². The third kappa shape index (κ3) is 9.80. The maximum absolute atomic E-state index is 13.8. The normalized spacial score (nSPS) is 16.0. The number of aryl methyl sites for hydroxylation is 1. The number of rotatable bonds is 10. The molecule has 8 nitrogen and oxygen atoms in total. The lowest BCUT2D eigenvalue weighted by molar-refractivity contribution is -0.131. The lowest BCUT2D eigenvalue weighted by Crippen LogP contribution is -2.49. The Balaban J connectivity index is 1.06. The zero-order chi connectivity index (χ0) is 39.5. The van der Waals surface area contributed by atoms with Gasteiger partial charge < -0.3 is 19.8 Å². The van der Waals surface area contributed by atoms with Crippen LogP contribution in [0.5, 0.6) is 0 Å². The summed E-state index contributed by atoms with van der Waals surface area (Å²) in [4.78, 5) is 19.8. The second kappa shape index (κ2) is 16.2. The highest BCUT2D eigenvalue weighted by Gasteiger charge is 2.29. The van der Waals surface area contributed by atoms with Crippen LogP contribution in [0.3, 0.4) is 0 Å². The summed E-state index contributed by atoms with van der Waals surface area (Å²) in [7, 11) is -3.68. The largest absolute Gasteiger partial charge is 0.508 e. The molecule has 2 aliphatic heterocycles. The van der Waals surface area contributed by atoms with Gasteiger partial charge in [0.15, 0.2) is 0 Å². The van der Waals surface area contributed by atoms with Gasteiger partial charge in [0.05, 0.1) is 5.75 Å². The fourth-order valence-electron chi connectivity index (χ4n) is 7.56. The van der Waals surface area contributed by atoms with Crippen molar-refractivity contribution in [2.75, 3.05) is 62.2 Å². The Morgan fingerprint density at radius 1 is 0.673 bits per heavy atom. The summed E-state index contributed by atoms with van der Waals surface area (Å²) < 4.78 is 29.2. The van der Waals surface area contributed by atoms with E-state index in [1.165, 1.54) is 16.8 Å². The molecule has 4 aromatic carbocycles. The van der Waals surface area contributed by atoms with Crippen LogP contribution in [-0.4, -0.2) is 81.0 Å². The lowest BCUT2D eigenvalue weighted by atomic mass is 9.87. The van der Waals surface area contributed by atoms with Gasteiger partial charge in [-0.1, -0.05) is 109 Å². The van der Waals surface area contributed by atoms with E-state index in [2.05, 4.69) is 113 Å². The van der Waals surface area contributed by atoms with Crippen molar-refractivity contribution in [1.82, 2.24) is 9.21 Å². The van der Waals surface area contributed by atoms with Gasteiger partial charge in [-0.15, -0.1) is 0 Å². The van der Waals surface area contributed by atoms with Crippen LogP contribution in [0.25, 0.3) is 16.9 Å². The summed E-state index contributed by atoms with van der Waals surface area (Å²) in [5.74, 6) is -0.239. The van der Waals surface area contributed by atoms with E-state index in [1.807, 2.05) is 35.2 Å². The second-order valence-electron chi connectivity index (χ2n) is 17.1. The van der Waals surface area contributed by atoms with Gasteiger partial charge in [-0.2, -0.15) is 4.31 Å². The van der Waals surface area contributed by atoms with Crippen molar-refractivity contribution in [3.05, 3.63) is 125 Å². The van der Waals surface area contributed by atoms with Crippen LogP contribution >= 0.6 is 0 Å². The number of aliphatic hydroxyl groups excluding tert-OH is 1. The molecule has 0 aliphatic carbocycles. The minimum Gasteiger partial charge on any atom is -0.508 e. The van der Waals surface area contributed by atoms with Crippen LogP contribution in [0.4, 0.5) is 11.4 Å². The molecule has 9 heteroatoms. The summed E-state index contributed by atoms with van der Waals surface area (Å²) >= 11 is 0. The molecule has 1 amide bonds. The smallest absolute Gasteiger partial charge is 0.223 e. The molecule has 4 aromatic rings. The van der Waals surface area contributed by atoms with Crippen molar-refractivity contribution >= 4 is 33.1 Å². The molecule has 2 heterocycles. The molecular formula is C46H58N4O4S. The van der Waals surface area contributed by atoms with Crippen LogP contribution in [0.2, 0.25) is 0 Å². The van der Waals surface area contributed by atoms with Crippen LogP contribution in [0.15, 0.2) is 97.6 Å². The maximum atomic E-state index is 13.8. The Morgan fingerprint density at radius 2 is 1.18 bits per heavy atom. The van der Waals surface area contributed by atoms with E-state index in [-0.39, 0.29) is 28.2 Å². The Kier molecular flexibility index (Phi) is 11.8. The minimum atomic E-state index is -3.68. The molecule has 0 atom stereocenters. The quantitative estimate of drug-likeness (QED) is 0.164. The van der Waals surface area contributed by atoms with Gasteiger partial charge in [-0.3, -0.25) is 4.79 Å². The molecule has 0 saturated carbocycles. The predicted molar refractivity (Wildman–Crippen MR) is 227 cm³/mol. The zero-order valence-electron chi connectivity index (χ0n) is 33.5. The Hall–Kier alpha value is -4.60. The number of amides is 1. The van der Waals surface area contributed by atoms with Gasteiger partial charge in [0.1, 0.15) is 5.76 Å². The van der Waals surface area contributed by atoms with Gasteiger partial charge in [0, 0.05) is 75.7 Å². The standard InChI is InChI=1S/C46H58N4O4S/c1-34(51)43-21-12-37(32-38(43)33-55(53,54)50-29-27-48(28-30-50)42-19-15-40(16-20-42)46(5,6)7)36-10-8-9-35(31-36)11-22-44(52)49-25-23-47(24-26-49)41-17-13-39(14-18-41)45(2,3)4/h8-10,12-21,31-32,51H,1,11,22-30,33H2,2-7H3. The highest BCUT2D eigenvalue weighted by Crippen LogP contribution is 2.30. The van der Waals surface area contributed by atoms with Gasteiger partial charge in [0.25, 0.3) is 0 Å². The summed E-state index contributed by atoms with van der Waals surface area (Å²) in [6.07, 6.45) is 1.03. The number of hydrogen-bond donors (Lipinski definition) is 1. The fourth-order valence-corrected chi connectivity index (χ4v) is 9.09. The maximum Gasteiger partial charge on any atom is 0.223 e. The first-order chi connectivity index (χ1) is 26.0. The number of aliphatic hydroxyl groups is 1. The summed E-state index contributed by atoms with van der Waals surface area (Å²) in [6, 6.07) is 30.9. The Labute approximate surface area is 329 Å². The molecule has 0 aromatic heterocycles. The summed E-state index contributed by atoms with van der Waals surface area (Å²) in [6.45, 7) is 22.0. The first kappa shape index (κ1) is 40.1. The Morgan fingerprint density at radius 3 is 1.69 bits per heavy atom. The third-order valence-corrected chi connectivity index (χ3v) is 12.9. The third-order valence-electron chi connectivity index (χ3n) is 11.1. The van der Waals surface area contributed by atoms with E-state index >= 15 is 0 Å².